The zero-order chi connectivity index (χ0) is 12.1. The third-order valence-corrected chi connectivity index (χ3v) is 4.25. The van der Waals surface area contributed by atoms with Crippen LogP contribution in [0.25, 0.3) is 0 Å². The van der Waals surface area contributed by atoms with Crippen molar-refractivity contribution in [2.75, 3.05) is 5.75 Å². The highest BCUT2D eigenvalue weighted by Gasteiger charge is 2.11. The summed E-state index contributed by atoms with van der Waals surface area (Å²) in [5.41, 5.74) is 0.155. The minimum absolute atomic E-state index is 0.155. The number of benzene rings is 1. The Hall–Kier alpha value is -0.680. The highest BCUT2D eigenvalue weighted by atomic mass is 79.9. The van der Waals surface area contributed by atoms with Crippen LogP contribution in [-0.4, -0.2) is 21.0 Å². The van der Waals surface area contributed by atoms with Crippen LogP contribution in [0.2, 0.25) is 0 Å². The zero-order valence-electron chi connectivity index (χ0n) is 8.90. The van der Waals surface area contributed by atoms with Gasteiger partial charge in [-0.1, -0.05) is 13.3 Å². The number of hydrogen-bond donors (Lipinski definition) is 1. The summed E-state index contributed by atoms with van der Waals surface area (Å²) in [6, 6.07) is 4.79. The van der Waals surface area contributed by atoms with E-state index in [1.807, 2.05) is 6.92 Å². The lowest BCUT2D eigenvalue weighted by Crippen LogP contribution is -2.02. The number of unbranched alkanes of at least 4 members (excludes halogenated alkanes) is 1. The molecule has 3 nitrogen and oxygen atoms in total. The van der Waals surface area contributed by atoms with Crippen LogP contribution in [0.15, 0.2) is 27.6 Å². The van der Waals surface area contributed by atoms with E-state index >= 15 is 0 Å². The molecule has 1 rings (SSSR count). The SMILES string of the molecule is CCCCS(=O)c1ccc(Br)c(C(=O)O)c1. The molecule has 1 unspecified atom stereocenters. The van der Waals surface area contributed by atoms with Crippen molar-refractivity contribution in [2.45, 2.75) is 24.7 Å². The van der Waals surface area contributed by atoms with Gasteiger partial charge in [0, 0.05) is 15.1 Å². The maximum atomic E-state index is 11.8. The molecule has 0 aromatic heterocycles. The standard InChI is InChI=1S/C11H13BrO3S/c1-2-3-6-16(15)8-4-5-10(12)9(7-8)11(13)14/h4-5,7H,2-3,6H2,1H3,(H,13,14). The predicted octanol–water partition coefficient (Wildman–Crippen LogP) is 3.06. The summed E-state index contributed by atoms with van der Waals surface area (Å²) < 4.78 is 12.3. The van der Waals surface area contributed by atoms with E-state index in [0.717, 1.165) is 12.8 Å². The van der Waals surface area contributed by atoms with Crippen molar-refractivity contribution in [3.05, 3.63) is 28.2 Å². The normalized spacial score (nSPS) is 12.4. The first-order valence-corrected chi connectivity index (χ1v) is 7.08. The van der Waals surface area contributed by atoms with Crippen LogP contribution in [0.1, 0.15) is 30.1 Å². The Morgan fingerprint density at radius 1 is 1.50 bits per heavy atom. The Bertz CT molecular complexity index is 418. The van der Waals surface area contributed by atoms with Crippen LogP contribution in [-0.2, 0) is 10.8 Å². The fourth-order valence-electron chi connectivity index (χ4n) is 1.20. The van der Waals surface area contributed by atoms with Gasteiger partial charge in [0.1, 0.15) is 0 Å². The molecule has 0 radical (unpaired) electrons. The minimum atomic E-state index is -1.10. The van der Waals surface area contributed by atoms with E-state index in [4.69, 9.17) is 5.11 Å². The molecule has 0 amide bonds. The highest BCUT2D eigenvalue weighted by molar-refractivity contribution is 9.10. The third kappa shape index (κ3) is 3.42. The number of rotatable bonds is 5. The average molecular weight is 305 g/mol. The van der Waals surface area contributed by atoms with Gasteiger partial charge in [0.15, 0.2) is 0 Å². The quantitative estimate of drug-likeness (QED) is 0.909. The molecule has 1 N–H and O–H groups in total. The van der Waals surface area contributed by atoms with Crippen LogP contribution in [0.5, 0.6) is 0 Å². The van der Waals surface area contributed by atoms with Crippen molar-refractivity contribution in [1.29, 1.82) is 0 Å². The topological polar surface area (TPSA) is 54.4 Å². The first-order chi connectivity index (χ1) is 7.56. The molecule has 0 aliphatic carbocycles. The van der Waals surface area contributed by atoms with Gasteiger partial charge in [-0.2, -0.15) is 0 Å². The molecule has 0 aliphatic heterocycles. The molecule has 0 saturated heterocycles. The van der Waals surface area contributed by atoms with E-state index in [0.29, 0.717) is 15.1 Å². The van der Waals surface area contributed by atoms with Gasteiger partial charge < -0.3 is 5.11 Å². The van der Waals surface area contributed by atoms with Crippen molar-refractivity contribution in [3.63, 3.8) is 0 Å². The third-order valence-electron chi connectivity index (χ3n) is 2.11. The fourth-order valence-corrected chi connectivity index (χ4v) is 2.88. The van der Waals surface area contributed by atoms with E-state index in [9.17, 15) is 9.00 Å². The molecule has 0 bridgehead atoms. The molecular formula is C11H13BrO3S. The van der Waals surface area contributed by atoms with Crippen molar-refractivity contribution in [2.24, 2.45) is 0 Å². The van der Waals surface area contributed by atoms with Gasteiger partial charge in [-0.25, -0.2) is 4.79 Å². The Labute approximate surface area is 105 Å². The molecular weight excluding hydrogens is 292 g/mol. The molecule has 1 aromatic carbocycles. The summed E-state index contributed by atoms with van der Waals surface area (Å²) in [6.07, 6.45) is 1.86. The molecule has 0 heterocycles. The van der Waals surface area contributed by atoms with Gasteiger partial charge in [-0.05, 0) is 40.5 Å². The van der Waals surface area contributed by atoms with Crippen LogP contribution in [0, 0.1) is 0 Å². The van der Waals surface area contributed by atoms with Gasteiger partial charge >= 0.3 is 5.97 Å². The van der Waals surface area contributed by atoms with Crippen LogP contribution >= 0.6 is 15.9 Å². The Kier molecular flexibility index (Phi) is 5.15. The summed E-state index contributed by atoms with van der Waals surface area (Å²) in [5, 5.41) is 8.92. The van der Waals surface area contributed by atoms with Gasteiger partial charge in [0.05, 0.1) is 16.4 Å². The molecule has 88 valence electrons. The largest absolute Gasteiger partial charge is 0.478 e. The number of carbonyl (C=O) groups is 1. The molecule has 0 saturated carbocycles. The monoisotopic (exact) mass is 304 g/mol. The van der Waals surface area contributed by atoms with E-state index in [2.05, 4.69) is 15.9 Å². The lowest BCUT2D eigenvalue weighted by Gasteiger charge is -2.04. The Morgan fingerprint density at radius 3 is 2.75 bits per heavy atom. The van der Waals surface area contributed by atoms with Crippen LogP contribution in [0.3, 0.4) is 0 Å². The number of carboxylic acids is 1. The summed E-state index contributed by atoms with van der Waals surface area (Å²) in [6.45, 7) is 2.03. The second-order valence-corrected chi connectivity index (χ2v) is 5.78. The first-order valence-electron chi connectivity index (χ1n) is 4.97. The van der Waals surface area contributed by atoms with Crippen molar-refractivity contribution in [1.82, 2.24) is 0 Å². The van der Waals surface area contributed by atoms with Crippen molar-refractivity contribution in [3.8, 4) is 0 Å². The number of aromatic carboxylic acids is 1. The zero-order valence-corrected chi connectivity index (χ0v) is 11.3. The number of carboxylic acid groups (broad SMARTS) is 1. The lowest BCUT2D eigenvalue weighted by molar-refractivity contribution is 0.0695. The number of hydrogen-bond acceptors (Lipinski definition) is 2. The second-order valence-electron chi connectivity index (χ2n) is 3.35. The highest BCUT2D eigenvalue weighted by Crippen LogP contribution is 2.20. The summed E-state index contributed by atoms with van der Waals surface area (Å²) in [5.74, 6) is -0.432. The van der Waals surface area contributed by atoms with E-state index < -0.39 is 16.8 Å². The van der Waals surface area contributed by atoms with E-state index in [-0.39, 0.29) is 5.56 Å². The van der Waals surface area contributed by atoms with Crippen molar-refractivity contribution < 1.29 is 14.1 Å². The van der Waals surface area contributed by atoms with Gasteiger partial charge in [0.25, 0.3) is 0 Å². The molecule has 0 aliphatic rings. The maximum absolute atomic E-state index is 11.8. The van der Waals surface area contributed by atoms with E-state index in [1.165, 1.54) is 6.07 Å². The summed E-state index contributed by atoms with van der Waals surface area (Å²) in [7, 11) is -1.10. The van der Waals surface area contributed by atoms with Crippen LogP contribution in [0.4, 0.5) is 0 Å². The smallest absolute Gasteiger partial charge is 0.336 e. The fraction of sp³-hybridized carbons (Fsp3) is 0.364. The molecule has 16 heavy (non-hydrogen) atoms. The molecule has 1 aromatic rings. The molecule has 1 atom stereocenters. The van der Waals surface area contributed by atoms with Crippen LogP contribution < -0.4 is 0 Å². The summed E-state index contributed by atoms with van der Waals surface area (Å²) in [4.78, 5) is 11.5. The summed E-state index contributed by atoms with van der Waals surface area (Å²) >= 11 is 3.15. The molecule has 0 fully saturated rings. The first kappa shape index (κ1) is 13.4. The van der Waals surface area contributed by atoms with E-state index in [1.54, 1.807) is 12.1 Å². The lowest BCUT2D eigenvalue weighted by atomic mass is 10.2. The van der Waals surface area contributed by atoms with Gasteiger partial charge in [0.2, 0.25) is 0 Å². The Balaban J connectivity index is 2.94. The number of halogens is 1. The average Bonchev–Trinajstić information content (AvgIpc) is 2.26. The predicted molar refractivity (Wildman–Crippen MR) is 67.3 cm³/mol. The van der Waals surface area contributed by atoms with Gasteiger partial charge in [-0.3, -0.25) is 4.21 Å². The second kappa shape index (κ2) is 6.15. The maximum Gasteiger partial charge on any atom is 0.336 e. The molecule has 5 heteroatoms. The van der Waals surface area contributed by atoms with Crippen molar-refractivity contribution >= 4 is 32.7 Å². The minimum Gasteiger partial charge on any atom is -0.478 e. The van der Waals surface area contributed by atoms with Gasteiger partial charge in [-0.15, -0.1) is 0 Å². The molecule has 0 spiro atoms. The Morgan fingerprint density at radius 2 is 2.19 bits per heavy atom.